The van der Waals surface area contributed by atoms with Crippen molar-refractivity contribution < 1.29 is 19.0 Å². The van der Waals surface area contributed by atoms with Crippen LogP contribution in [0.4, 0.5) is 4.39 Å². The number of phenolic OH excluding ortho intramolecular Hbond substituents is 1. The van der Waals surface area contributed by atoms with Crippen LogP contribution in [0.25, 0.3) is 0 Å². The third-order valence-electron chi connectivity index (χ3n) is 1.37. The first kappa shape index (κ1) is 9.80. The summed E-state index contributed by atoms with van der Waals surface area (Å²) in [5.41, 5.74) is 0. The smallest absolute Gasteiger partial charge is 0.189 e. The lowest BCUT2D eigenvalue weighted by Gasteiger charge is -2.05. The molecule has 0 fully saturated rings. The minimum absolute atomic E-state index is 0.0550. The molecule has 3 nitrogen and oxygen atoms in total. The third kappa shape index (κ3) is 3.29. The fraction of sp³-hybridized carbons (Fsp3) is 0.333. The molecule has 0 aliphatic rings. The van der Waals surface area contributed by atoms with Crippen LogP contribution < -0.4 is 4.74 Å². The average Bonchev–Trinajstić information content (AvgIpc) is 2.03. The summed E-state index contributed by atoms with van der Waals surface area (Å²) in [4.78, 5) is 0. The molecule has 1 aromatic carbocycles. The van der Waals surface area contributed by atoms with Crippen molar-refractivity contribution in [2.75, 3.05) is 13.4 Å². The molecule has 0 saturated heterocycles. The molecule has 0 spiro atoms. The average molecular weight is 186 g/mol. The summed E-state index contributed by atoms with van der Waals surface area (Å²) in [5, 5.41) is 8.99. The van der Waals surface area contributed by atoms with Gasteiger partial charge in [0.2, 0.25) is 0 Å². The van der Waals surface area contributed by atoms with Crippen molar-refractivity contribution in [2.24, 2.45) is 0 Å². The van der Waals surface area contributed by atoms with Gasteiger partial charge in [0.25, 0.3) is 0 Å². The van der Waals surface area contributed by atoms with Gasteiger partial charge < -0.3 is 14.6 Å². The Labute approximate surface area is 75.7 Å². The molecule has 0 saturated carbocycles. The summed E-state index contributed by atoms with van der Waals surface area (Å²) in [6, 6.07) is 3.51. The second-order valence-electron chi connectivity index (χ2n) is 2.40. The SMILES string of the molecule is CCOCOc1cc(O)cc(F)c1. The van der Waals surface area contributed by atoms with Crippen LogP contribution in [-0.2, 0) is 4.74 Å². The number of halogens is 1. The van der Waals surface area contributed by atoms with Gasteiger partial charge >= 0.3 is 0 Å². The maximum absolute atomic E-state index is 12.7. The second kappa shape index (κ2) is 4.67. The number of ether oxygens (including phenoxy) is 2. The van der Waals surface area contributed by atoms with Crippen LogP contribution in [0.3, 0.4) is 0 Å². The molecule has 0 heterocycles. The van der Waals surface area contributed by atoms with E-state index in [0.29, 0.717) is 6.61 Å². The van der Waals surface area contributed by atoms with Gasteiger partial charge in [0.1, 0.15) is 17.3 Å². The molecule has 4 heteroatoms. The standard InChI is InChI=1S/C9H11FO3/c1-2-12-6-13-9-4-7(10)3-8(11)5-9/h3-5,11H,2,6H2,1H3. The Kier molecular flexibility index (Phi) is 3.52. The van der Waals surface area contributed by atoms with Crippen LogP contribution in [-0.4, -0.2) is 18.5 Å². The predicted molar refractivity (Wildman–Crippen MR) is 45.2 cm³/mol. The van der Waals surface area contributed by atoms with Crippen molar-refractivity contribution in [2.45, 2.75) is 6.92 Å². The first-order valence-corrected chi connectivity index (χ1v) is 3.92. The third-order valence-corrected chi connectivity index (χ3v) is 1.37. The molecule has 1 aromatic rings. The second-order valence-corrected chi connectivity index (χ2v) is 2.40. The number of rotatable bonds is 4. The van der Waals surface area contributed by atoms with Crippen LogP contribution in [0.15, 0.2) is 18.2 Å². The van der Waals surface area contributed by atoms with Gasteiger partial charge in [-0.25, -0.2) is 4.39 Å². The first-order chi connectivity index (χ1) is 6.22. The Morgan fingerprint density at radius 3 is 2.77 bits per heavy atom. The van der Waals surface area contributed by atoms with Crippen molar-refractivity contribution in [1.82, 2.24) is 0 Å². The van der Waals surface area contributed by atoms with Crippen LogP contribution in [0.1, 0.15) is 6.92 Å². The molecule has 1 N–H and O–H groups in total. The van der Waals surface area contributed by atoms with Crippen LogP contribution in [0.5, 0.6) is 11.5 Å². The highest BCUT2D eigenvalue weighted by atomic mass is 19.1. The lowest BCUT2D eigenvalue weighted by Crippen LogP contribution is -2.01. The Bertz CT molecular complexity index is 255. The highest BCUT2D eigenvalue weighted by Gasteiger charge is 1.99. The van der Waals surface area contributed by atoms with E-state index in [9.17, 15) is 4.39 Å². The maximum atomic E-state index is 12.7. The lowest BCUT2D eigenvalue weighted by molar-refractivity contribution is 0.0221. The summed E-state index contributed by atoms with van der Waals surface area (Å²) in [6.45, 7) is 2.41. The molecule has 0 atom stereocenters. The topological polar surface area (TPSA) is 38.7 Å². The van der Waals surface area contributed by atoms with E-state index in [1.54, 1.807) is 0 Å². The lowest BCUT2D eigenvalue weighted by atomic mass is 10.3. The van der Waals surface area contributed by atoms with Gasteiger partial charge in [0, 0.05) is 24.8 Å². The Balaban J connectivity index is 2.56. The molecular formula is C9H11FO3. The van der Waals surface area contributed by atoms with Gasteiger partial charge in [-0.3, -0.25) is 0 Å². The number of hydrogen-bond acceptors (Lipinski definition) is 3. The summed E-state index contributed by atoms with van der Waals surface area (Å²) in [7, 11) is 0. The van der Waals surface area contributed by atoms with Gasteiger partial charge in [-0.05, 0) is 6.92 Å². The van der Waals surface area contributed by atoms with E-state index in [-0.39, 0.29) is 18.3 Å². The van der Waals surface area contributed by atoms with Gasteiger partial charge in [-0.2, -0.15) is 0 Å². The van der Waals surface area contributed by atoms with Crippen molar-refractivity contribution in [3.8, 4) is 11.5 Å². The monoisotopic (exact) mass is 186 g/mol. The number of aromatic hydroxyl groups is 1. The van der Waals surface area contributed by atoms with Gasteiger partial charge in [-0.15, -0.1) is 0 Å². The van der Waals surface area contributed by atoms with Crippen molar-refractivity contribution >= 4 is 0 Å². The molecule has 0 amide bonds. The minimum atomic E-state index is -0.536. The Morgan fingerprint density at radius 1 is 1.38 bits per heavy atom. The van der Waals surface area contributed by atoms with E-state index in [0.717, 1.165) is 6.07 Å². The van der Waals surface area contributed by atoms with E-state index in [2.05, 4.69) is 0 Å². The van der Waals surface area contributed by atoms with Crippen LogP contribution in [0, 0.1) is 5.82 Å². The number of hydrogen-bond donors (Lipinski definition) is 1. The van der Waals surface area contributed by atoms with Gasteiger partial charge in [-0.1, -0.05) is 0 Å². The molecule has 0 aliphatic heterocycles. The molecule has 72 valence electrons. The van der Waals surface area contributed by atoms with Crippen LogP contribution in [0.2, 0.25) is 0 Å². The van der Waals surface area contributed by atoms with Gasteiger partial charge in [0.15, 0.2) is 6.79 Å². The highest BCUT2D eigenvalue weighted by molar-refractivity contribution is 5.32. The van der Waals surface area contributed by atoms with Gasteiger partial charge in [0.05, 0.1) is 0 Å². The summed E-state index contributed by atoms with van der Waals surface area (Å²) < 4.78 is 22.5. The maximum Gasteiger partial charge on any atom is 0.189 e. The number of benzene rings is 1. The summed E-state index contributed by atoms with van der Waals surface area (Å²) in [6.07, 6.45) is 0. The largest absolute Gasteiger partial charge is 0.508 e. The molecule has 0 radical (unpaired) electrons. The first-order valence-electron chi connectivity index (χ1n) is 3.92. The normalized spacial score (nSPS) is 10.0. The zero-order chi connectivity index (χ0) is 9.68. The van der Waals surface area contributed by atoms with E-state index in [1.165, 1.54) is 12.1 Å². The van der Waals surface area contributed by atoms with Crippen molar-refractivity contribution in [3.63, 3.8) is 0 Å². The molecule has 0 unspecified atom stereocenters. The van der Waals surface area contributed by atoms with E-state index >= 15 is 0 Å². The van der Waals surface area contributed by atoms with E-state index in [4.69, 9.17) is 14.6 Å². The quantitative estimate of drug-likeness (QED) is 0.576. The molecule has 13 heavy (non-hydrogen) atoms. The molecular weight excluding hydrogens is 175 g/mol. The molecule has 0 aromatic heterocycles. The zero-order valence-electron chi connectivity index (χ0n) is 7.29. The molecule has 1 rings (SSSR count). The fourth-order valence-electron chi connectivity index (χ4n) is 0.824. The Hall–Kier alpha value is -1.29. The van der Waals surface area contributed by atoms with Crippen molar-refractivity contribution in [3.05, 3.63) is 24.0 Å². The predicted octanol–water partition coefficient (Wildman–Crippen LogP) is 1.90. The van der Waals surface area contributed by atoms with Crippen LogP contribution >= 0.6 is 0 Å². The summed E-state index contributed by atoms with van der Waals surface area (Å²) in [5.74, 6) is -0.441. The fourth-order valence-corrected chi connectivity index (χ4v) is 0.824. The minimum Gasteiger partial charge on any atom is -0.508 e. The Morgan fingerprint density at radius 2 is 2.15 bits per heavy atom. The zero-order valence-corrected chi connectivity index (χ0v) is 7.29. The van der Waals surface area contributed by atoms with Crippen molar-refractivity contribution in [1.29, 1.82) is 0 Å². The van der Waals surface area contributed by atoms with E-state index in [1.807, 2.05) is 6.92 Å². The molecule has 0 aliphatic carbocycles. The highest BCUT2D eigenvalue weighted by Crippen LogP contribution is 2.20. The summed E-state index contributed by atoms with van der Waals surface area (Å²) >= 11 is 0. The van der Waals surface area contributed by atoms with E-state index < -0.39 is 5.82 Å². The number of phenols is 1. The molecule has 0 bridgehead atoms.